The number of benzene rings is 1. The van der Waals surface area contributed by atoms with Gasteiger partial charge in [-0.3, -0.25) is 0 Å². The Morgan fingerprint density at radius 1 is 1.12 bits per heavy atom. The third-order valence-electron chi connectivity index (χ3n) is 2.56. The maximum Gasteiger partial charge on any atom is 0.417 e. The molecule has 1 heterocycles. The number of carbonyl (C=O) groups is 2. The molecule has 0 radical (unpaired) electrons. The van der Waals surface area contributed by atoms with E-state index in [1.807, 2.05) is 0 Å². The van der Waals surface area contributed by atoms with Crippen molar-refractivity contribution in [1.29, 1.82) is 0 Å². The number of hydrogen-bond donors (Lipinski definition) is 1. The van der Waals surface area contributed by atoms with E-state index in [1.165, 1.54) is 4.90 Å². The molecular formula is C12H14N2O3. The molecule has 1 aliphatic rings. The summed E-state index contributed by atoms with van der Waals surface area (Å²) in [6.45, 7) is 2.60. The number of piperazine rings is 1. The molecular weight excluding hydrogens is 220 g/mol. The smallest absolute Gasteiger partial charge is 0.372 e. The Balaban J connectivity index is 1.92. The molecule has 0 atom stereocenters. The van der Waals surface area contributed by atoms with Crippen molar-refractivity contribution < 1.29 is 14.3 Å². The van der Waals surface area contributed by atoms with Gasteiger partial charge in [-0.05, 0) is 12.1 Å². The van der Waals surface area contributed by atoms with Crippen LogP contribution in [0.1, 0.15) is 10.4 Å². The molecule has 1 aromatic rings. The van der Waals surface area contributed by atoms with Crippen molar-refractivity contribution in [2.45, 2.75) is 0 Å². The highest BCUT2D eigenvalue weighted by molar-refractivity contribution is 5.96. The molecule has 0 saturated carbocycles. The first-order valence-corrected chi connectivity index (χ1v) is 5.54. The molecule has 1 fully saturated rings. The molecule has 1 saturated heterocycles. The van der Waals surface area contributed by atoms with Crippen LogP contribution in [0.15, 0.2) is 30.3 Å². The Kier molecular flexibility index (Phi) is 3.72. The normalized spacial score (nSPS) is 15.4. The number of carbonyl (C=O) groups excluding carboxylic acids is 2. The summed E-state index contributed by atoms with van der Waals surface area (Å²) in [5, 5.41) is 3.12. The van der Waals surface area contributed by atoms with Crippen molar-refractivity contribution >= 4 is 12.1 Å². The summed E-state index contributed by atoms with van der Waals surface area (Å²) >= 11 is 0. The third kappa shape index (κ3) is 3.04. The zero-order valence-corrected chi connectivity index (χ0v) is 9.39. The van der Waals surface area contributed by atoms with Gasteiger partial charge in [0.05, 0.1) is 5.56 Å². The molecule has 0 aliphatic carbocycles. The molecule has 5 nitrogen and oxygen atoms in total. The maximum atomic E-state index is 11.6. The van der Waals surface area contributed by atoms with Gasteiger partial charge in [0.2, 0.25) is 0 Å². The summed E-state index contributed by atoms with van der Waals surface area (Å²) in [5.41, 5.74) is 0.385. The number of rotatable bonds is 1. The monoisotopic (exact) mass is 234 g/mol. The van der Waals surface area contributed by atoms with Gasteiger partial charge >= 0.3 is 12.1 Å². The Morgan fingerprint density at radius 2 is 1.76 bits per heavy atom. The van der Waals surface area contributed by atoms with Gasteiger partial charge in [0.25, 0.3) is 0 Å². The average Bonchev–Trinajstić information content (AvgIpc) is 2.40. The zero-order chi connectivity index (χ0) is 12.1. The molecule has 0 spiro atoms. The second-order valence-corrected chi connectivity index (χ2v) is 3.76. The molecule has 90 valence electrons. The maximum absolute atomic E-state index is 11.6. The first-order chi connectivity index (χ1) is 8.27. The van der Waals surface area contributed by atoms with Crippen LogP contribution in [0.4, 0.5) is 4.79 Å². The number of esters is 1. The van der Waals surface area contributed by atoms with E-state index in [2.05, 4.69) is 5.32 Å². The fourth-order valence-corrected chi connectivity index (χ4v) is 1.62. The molecule has 17 heavy (non-hydrogen) atoms. The van der Waals surface area contributed by atoms with E-state index in [0.717, 1.165) is 13.1 Å². The van der Waals surface area contributed by atoms with E-state index < -0.39 is 12.1 Å². The first kappa shape index (κ1) is 11.6. The van der Waals surface area contributed by atoms with Gasteiger partial charge < -0.3 is 15.0 Å². The lowest BCUT2D eigenvalue weighted by Gasteiger charge is -2.25. The highest BCUT2D eigenvalue weighted by atomic mass is 16.6. The Morgan fingerprint density at radius 3 is 2.41 bits per heavy atom. The largest absolute Gasteiger partial charge is 0.417 e. The lowest BCUT2D eigenvalue weighted by atomic mass is 10.2. The molecule has 5 heteroatoms. The number of nitrogens with zero attached hydrogens (tertiary/aromatic N) is 1. The van der Waals surface area contributed by atoms with E-state index >= 15 is 0 Å². The van der Waals surface area contributed by atoms with Crippen molar-refractivity contribution in [3.05, 3.63) is 35.9 Å². The van der Waals surface area contributed by atoms with Gasteiger partial charge in [-0.1, -0.05) is 18.2 Å². The number of hydrogen-bond acceptors (Lipinski definition) is 4. The van der Waals surface area contributed by atoms with E-state index in [9.17, 15) is 9.59 Å². The van der Waals surface area contributed by atoms with E-state index in [1.54, 1.807) is 30.3 Å². The van der Waals surface area contributed by atoms with Gasteiger partial charge in [-0.25, -0.2) is 9.59 Å². The first-order valence-electron chi connectivity index (χ1n) is 5.54. The molecule has 0 aromatic heterocycles. The van der Waals surface area contributed by atoms with E-state index in [4.69, 9.17) is 4.74 Å². The number of amides is 1. The van der Waals surface area contributed by atoms with Crippen LogP contribution in [-0.2, 0) is 4.74 Å². The Hall–Kier alpha value is -1.88. The second kappa shape index (κ2) is 5.45. The molecule has 0 unspecified atom stereocenters. The van der Waals surface area contributed by atoms with Crippen molar-refractivity contribution in [2.75, 3.05) is 26.2 Å². The summed E-state index contributed by atoms with van der Waals surface area (Å²) < 4.78 is 4.80. The lowest BCUT2D eigenvalue weighted by Crippen LogP contribution is -2.47. The second-order valence-electron chi connectivity index (χ2n) is 3.76. The van der Waals surface area contributed by atoms with E-state index in [-0.39, 0.29) is 0 Å². The predicted molar refractivity (Wildman–Crippen MR) is 61.7 cm³/mol. The zero-order valence-electron chi connectivity index (χ0n) is 9.39. The summed E-state index contributed by atoms with van der Waals surface area (Å²) in [7, 11) is 0. The van der Waals surface area contributed by atoms with Gasteiger partial charge in [-0.15, -0.1) is 0 Å². The quantitative estimate of drug-likeness (QED) is 0.578. The molecule has 1 amide bonds. The minimum absolute atomic E-state index is 0.385. The van der Waals surface area contributed by atoms with Crippen LogP contribution in [0.2, 0.25) is 0 Å². The van der Waals surface area contributed by atoms with Gasteiger partial charge in [-0.2, -0.15) is 0 Å². The van der Waals surface area contributed by atoms with Crippen LogP contribution < -0.4 is 5.32 Å². The topological polar surface area (TPSA) is 58.6 Å². The van der Waals surface area contributed by atoms with Gasteiger partial charge in [0, 0.05) is 26.2 Å². The third-order valence-corrected chi connectivity index (χ3v) is 2.56. The van der Waals surface area contributed by atoms with Gasteiger partial charge in [0.1, 0.15) is 0 Å². The van der Waals surface area contributed by atoms with Crippen LogP contribution in [0.5, 0.6) is 0 Å². The van der Waals surface area contributed by atoms with Crippen LogP contribution in [0, 0.1) is 0 Å². The highest BCUT2D eigenvalue weighted by Crippen LogP contribution is 2.04. The highest BCUT2D eigenvalue weighted by Gasteiger charge is 2.20. The molecule has 2 rings (SSSR count). The summed E-state index contributed by atoms with van der Waals surface area (Å²) in [6, 6.07) is 8.49. The molecule has 1 N–H and O–H groups in total. The Labute approximate surface area is 99.4 Å². The molecule has 0 bridgehead atoms. The standard InChI is InChI=1S/C12H14N2O3/c15-11(10-4-2-1-3-5-10)17-12(16)14-8-6-13-7-9-14/h1-5,13H,6-9H2. The number of nitrogens with one attached hydrogen (secondary N) is 1. The minimum Gasteiger partial charge on any atom is -0.372 e. The van der Waals surface area contributed by atoms with Crippen LogP contribution in [0.25, 0.3) is 0 Å². The molecule has 1 aromatic carbocycles. The van der Waals surface area contributed by atoms with Gasteiger partial charge in [0.15, 0.2) is 0 Å². The summed E-state index contributed by atoms with van der Waals surface area (Å²) in [4.78, 5) is 24.8. The van der Waals surface area contributed by atoms with Crippen LogP contribution in [0.3, 0.4) is 0 Å². The lowest BCUT2D eigenvalue weighted by molar-refractivity contribution is 0.0532. The summed E-state index contributed by atoms with van der Waals surface area (Å²) in [5.74, 6) is -0.603. The average molecular weight is 234 g/mol. The SMILES string of the molecule is O=C(OC(=O)N1CCNCC1)c1ccccc1. The van der Waals surface area contributed by atoms with Crippen molar-refractivity contribution in [2.24, 2.45) is 0 Å². The van der Waals surface area contributed by atoms with Crippen LogP contribution in [-0.4, -0.2) is 43.1 Å². The minimum atomic E-state index is -0.603. The Bertz CT molecular complexity index is 399. The van der Waals surface area contributed by atoms with Crippen molar-refractivity contribution in [3.63, 3.8) is 0 Å². The molecule has 1 aliphatic heterocycles. The fraction of sp³-hybridized carbons (Fsp3) is 0.333. The number of ether oxygens (including phenoxy) is 1. The fourth-order valence-electron chi connectivity index (χ4n) is 1.62. The van der Waals surface area contributed by atoms with Crippen molar-refractivity contribution in [3.8, 4) is 0 Å². The van der Waals surface area contributed by atoms with E-state index in [0.29, 0.717) is 18.7 Å². The van der Waals surface area contributed by atoms with Crippen molar-refractivity contribution in [1.82, 2.24) is 10.2 Å². The van der Waals surface area contributed by atoms with Crippen LogP contribution >= 0.6 is 0 Å². The predicted octanol–water partition coefficient (Wildman–Crippen LogP) is 0.869. The summed E-state index contributed by atoms with van der Waals surface area (Å²) in [6.07, 6.45) is -0.569.